The van der Waals surface area contributed by atoms with E-state index in [-0.39, 0.29) is 11.3 Å². The van der Waals surface area contributed by atoms with Gasteiger partial charge in [-0.05, 0) is 24.3 Å². The average molecular weight is 214 g/mol. The predicted molar refractivity (Wildman–Crippen MR) is 48.1 cm³/mol. The Hall–Kier alpha value is -1.78. The first-order valence-corrected chi connectivity index (χ1v) is 4.11. The van der Waals surface area contributed by atoms with E-state index in [4.69, 9.17) is 0 Å². The van der Waals surface area contributed by atoms with Crippen LogP contribution in [0.3, 0.4) is 0 Å². The summed E-state index contributed by atoms with van der Waals surface area (Å²) in [5.74, 6) is -1.54. The number of carbonyl (C=O) groups is 2. The molecular formula is C10H8F2O3. The molecule has 0 heterocycles. The van der Waals surface area contributed by atoms with E-state index in [1.165, 1.54) is 31.2 Å². The van der Waals surface area contributed by atoms with Crippen LogP contribution in [0, 0.1) is 0 Å². The summed E-state index contributed by atoms with van der Waals surface area (Å²) in [6.45, 7) is 1.22. The fourth-order valence-corrected chi connectivity index (χ4v) is 0.979. The van der Waals surface area contributed by atoms with Crippen LogP contribution in [-0.4, -0.2) is 18.2 Å². The van der Waals surface area contributed by atoms with E-state index < -0.39 is 18.2 Å². The molecule has 15 heavy (non-hydrogen) atoms. The van der Waals surface area contributed by atoms with Crippen molar-refractivity contribution in [2.24, 2.45) is 0 Å². The van der Waals surface area contributed by atoms with Gasteiger partial charge < -0.3 is 4.74 Å². The van der Waals surface area contributed by atoms with E-state index in [1.54, 1.807) is 0 Å². The quantitative estimate of drug-likeness (QED) is 0.439. The molecule has 0 spiro atoms. The number of Topliss-reactive ketones (excluding diaryl/α,β-unsaturated/α-hetero) is 1. The number of ether oxygens (including phenoxy) is 1. The molecule has 0 aromatic heterocycles. The molecule has 1 aromatic rings. The zero-order chi connectivity index (χ0) is 11.4. The molecule has 0 saturated carbocycles. The maximum atomic E-state index is 12.0. The monoisotopic (exact) mass is 214 g/mol. The summed E-state index contributed by atoms with van der Waals surface area (Å²) in [5.41, 5.74) is -0.110. The Morgan fingerprint density at radius 2 is 1.73 bits per heavy atom. The highest BCUT2D eigenvalue weighted by Crippen LogP contribution is 2.14. The molecule has 1 aromatic carbocycles. The Labute approximate surface area is 84.7 Å². The van der Waals surface area contributed by atoms with Crippen molar-refractivity contribution < 1.29 is 23.1 Å². The van der Waals surface area contributed by atoms with E-state index >= 15 is 0 Å². The molecular weight excluding hydrogens is 206 g/mol. The molecule has 5 heteroatoms. The van der Waals surface area contributed by atoms with Crippen LogP contribution in [-0.2, 0) is 4.79 Å². The number of ketones is 1. The summed E-state index contributed by atoms with van der Waals surface area (Å²) < 4.78 is 28.7. The largest absolute Gasteiger partial charge is 0.427 e. The number of hydrogen-bond donors (Lipinski definition) is 0. The van der Waals surface area contributed by atoms with Crippen LogP contribution in [0.4, 0.5) is 8.78 Å². The Balaban J connectivity index is 2.81. The van der Waals surface area contributed by atoms with E-state index in [2.05, 4.69) is 4.74 Å². The van der Waals surface area contributed by atoms with E-state index in [0.717, 1.165) is 0 Å². The summed E-state index contributed by atoms with van der Waals surface area (Å²) in [6, 6.07) is 4.95. The normalized spacial score (nSPS) is 10.1. The number of rotatable bonds is 3. The molecule has 0 saturated heterocycles. The molecule has 0 radical (unpaired) electrons. The Morgan fingerprint density at radius 3 is 2.13 bits per heavy atom. The van der Waals surface area contributed by atoms with Crippen molar-refractivity contribution in [3.63, 3.8) is 0 Å². The van der Waals surface area contributed by atoms with Crippen molar-refractivity contribution >= 4 is 11.8 Å². The lowest BCUT2D eigenvalue weighted by Crippen LogP contribution is -2.10. The minimum atomic E-state index is -3.02. The summed E-state index contributed by atoms with van der Waals surface area (Å²) in [5, 5.41) is 0. The lowest BCUT2D eigenvalue weighted by molar-refractivity contribution is -0.131. The van der Waals surface area contributed by atoms with Crippen LogP contribution in [0.5, 0.6) is 5.75 Å². The maximum absolute atomic E-state index is 12.0. The summed E-state index contributed by atoms with van der Waals surface area (Å²) in [7, 11) is 0. The topological polar surface area (TPSA) is 43.4 Å². The Kier molecular flexibility index (Phi) is 3.49. The number of hydrogen-bond acceptors (Lipinski definition) is 3. The summed E-state index contributed by atoms with van der Waals surface area (Å²) in [6.07, 6.45) is -3.02. The van der Waals surface area contributed by atoms with Gasteiger partial charge in [0.1, 0.15) is 5.75 Å². The molecule has 3 nitrogen and oxygen atoms in total. The highest BCUT2D eigenvalue weighted by atomic mass is 19.3. The minimum Gasteiger partial charge on any atom is -0.427 e. The second kappa shape index (κ2) is 4.63. The third-order valence-electron chi connectivity index (χ3n) is 1.60. The highest BCUT2D eigenvalue weighted by molar-refractivity contribution is 5.98. The molecule has 0 atom stereocenters. The highest BCUT2D eigenvalue weighted by Gasteiger charge is 2.17. The second-order valence-corrected chi connectivity index (χ2v) is 2.78. The summed E-state index contributed by atoms with van der Waals surface area (Å²) >= 11 is 0. The van der Waals surface area contributed by atoms with E-state index in [0.29, 0.717) is 0 Å². The predicted octanol–water partition coefficient (Wildman–Crippen LogP) is 2.06. The SMILES string of the molecule is CC(=O)Oc1ccc(C(=O)C(F)F)cc1. The third kappa shape index (κ3) is 3.12. The smallest absolute Gasteiger partial charge is 0.308 e. The fourth-order valence-electron chi connectivity index (χ4n) is 0.979. The van der Waals surface area contributed by atoms with Gasteiger partial charge in [0.05, 0.1) is 0 Å². The number of alkyl halides is 2. The van der Waals surface area contributed by atoms with Crippen molar-refractivity contribution in [1.29, 1.82) is 0 Å². The van der Waals surface area contributed by atoms with Gasteiger partial charge in [-0.2, -0.15) is 0 Å². The van der Waals surface area contributed by atoms with Crippen molar-refractivity contribution in [3.05, 3.63) is 29.8 Å². The second-order valence-electron chi connectivity index (χ2n) is 2.78. The first-order valence-electron chi connectivity index (χ1n) is 4.11. The van der Waals surface area contributed by atoms with Gasteiger partial charge >= 0.3 is 12.4 Å². The van der Waals surface area contributed by atoms with Crippen LogP contribution in [0.2, 0.25) is 0 Å². The molecule has 0 aliphatic heterocycles. The van der Waals surface area contributed by atoms with Gasteiger partial charge in [0.25, 0.3) is 0 Å². The van der Waals surface area contributed by atoms with Gasteiger partial charge in [0.15, 0.2) is 0 Å². The van der Waals surface area contributed by atoms with E-state index in [1.807, 2.05) is 0 Å². The van der Waals surface area contributed by atoms with Crippen LogP contribution in [0.25, 0.3) is 0 Å². The molecule has 0 aliphatic rings. The average Bonchev–Trinajstić information content (AvgIpc) is 2.17. The number of esters is 1. The van der Waals surface area contributed by atoms with Crippen molar-refractivity contribution in [2.45, 2.75) is 13.3 Å². The fraction of sp³-hybridized carbons (Fsp3) is 0.200. The van der Waals surface area contributed by atoms with Crippen LogP contribution in [0.1, 0.15) is 17.3 Å². The van der Waals surface area contributed by atoms with Gasteiger partial charge in [-0.15, -0.1) is 0 Å². The lowest BCUT2D eigenvalue weighted by Gasteiger charge is -2.02. The van der Waals surface area contributed by atoms with Gasteiger partial charge in [-0.1, -0.05) is 0 Å². The molecule has 0 bridgehead atoms. The standard InChI is InChI=1S/C10H8F2O3/c1-6(13)15-8-4-2-7(3-5-8)9(14)10(11)12/h2-5,10H,1H3. The van der Waals surface area contributed by atoms with Crippen molar-refractivity contribution in [2.75, 3.05) is 0 Å². The molecule has 0 unspecified atom stereocenters. The van der Waals surface area contributed by atoms with Crippen LogP contribution >= 0.6 is 0 Å². The molecule has 0 amide bonds. The van der Waals surface area contributed by atoms with Gasteiger partial charge in [-0.25, -0.2) is 8.78 Å². The number of benzene rings is 1. The Morgan fingerprint density at radius 1 is 1.20 bits per heavy atom. The number of carbonyl (C=O) groups excluding carboxylic acids is 2. The van der Waals surface area contributed by atoms with Gasteiger partial charge in [0.2, 0.25) is 5.78 Å². The van der Waals surface area contributed by atoms with Gasteiger partial charge in [0, 0.05) is 12.5 Å². The number of halogens is 2. The summed E-state index contributed by atoms with van der Waals surface area (Å²) in [4.78, 5) is 21.4. The molecule has 1 rings (SSSR count). The van der Waals surface area contributed by atoms with Crippen molar-refractivity contribution in [1.82, 2.24) is 0 Å². The lowest BCUT2D eigenvalue weighted by atomic mass is 10.1. The first-order chi connectivity index (χ1) is 7.00. The third-order valence-corrected chi connectivity index (χ3v) is 1.60. The van der Waals surface area contributed by atoms with Crippen molar-refractivity contribution in [3.8, 4) is 5.75 Å². The molecule has 0 fully saturated rings. The van der Waals surface area contributed by atoms with Crippen LogP contribution in [0.15, 0.2) is 24.3 Å². The first kappa shape index (κ1) is 11.3. The zero-order valence-electron chi connectivity index (χ0n) is 7.87. The van der Waals surface area contributed by atoms with Crippen LogP contribution < -0.4 is 4.74 Å². The molecule has 0 aliphatic carbocycles. The molecule has 0 N–H and O–H groups in total. The van der Waals surface area contributed by atoms with E-state index in [9.17, 15) is 18.4 Å². The molecule has 80 valence electrons. The Bertz CT molecular complexity index is 371. The van der Waals surface area contributed by atoms with Gasteiger partial charge in [-0.3, -0.25) is 9.59 Å². The minimum absolute atomic E-state index is 0.110. The maximum Gasteiger partial charge on any atom is 0.308 e. The zero-order valence-corrected chi connectivity index (χ0v) is 7.87.